The topological polar surface area (TPSA) is 127 Å². The van der Waals surface area contributed by atoms with Crippen LogP contribution < -0.4 is 16.1 Å². The molecular formula is C16H14F3N3O5. The minimum absolute atomic E-state index is 0.0000269. The maximum absolute atomic E-state index is 13.4. The van der Waals surface area contributed by atoms with E-state index in [0.29, 0.717) is 5.56 Å². The molecule has 11 heteroatoms. The van der Waals surface area contributed by atoms with Crippen LogP contribution in [-0.2, 0) is 16.9 Å². The van der Waals surface area contributed by atoms with Crippen LogP contribution >= 0.6 is 0 Å². The number of methoxy groups -OCH3 is 1. The molecule has 0 amide bonds. The summed E-state index contributed by atoms with van der Waals surface area (Å²) in [5.74, 6) is -1.41. The number of nitrogens with zero attached hydrogens (tertiary/aromatic N) is 2. The molecule has 144 valence electrons. The van der Waals surface area contributed by atoms with E-state index < -0.39 is 29.5 Å². The maximum Gasteiger partial charge on any atom is 0.442 e. The van der Waals surface area contributed by atoms with E-state index in [4.69, 9.17) is 20.0 Å². The Labute approximate surface area is 149 Å². The number of carboxylic acid groups (broad SMARTS) is 1. The second-order valence-electron chi connectivity index (χ2n) is 5.99. The van der Waals surface area contributed by atoms with E-state index in [-0.39, 0.29) is 35.1 Å². The van der Waals surface area contributed by atoms with Gasteiger partial charge in [-0.3, -0.25) is 4.79 Å². The molecule has 1 aliphatic heterocycles. The molecule has 2 aromatic rings. The number of ether oxygens (including phenoxy) is 1. The SMILES string of the molecule is COc1cc2oc(=O)cc(CC[C@H](N)C(=O)O)c2cc1C1(C(F)(F)F)N=N1. The number of hydrogen-bond donors (Lipinski definition) is 2. The van der Waals surface area contributed by atoms with Gasteiger partial charge in [-0.15, -0.1) is 10.2 Å². The first-order chi connectivity index (χ1) is 12.6. The Morgan fingerprint density at radius 2 is 2.04 bits per heavy atom. The molecule has 0 unspecified atom stereocenters. The number of hydrogen-bond acceptors (Lipinski definition) is 7. The normalized spacial score (nSPS) is 16.3. The van der Waals surface area contributed by atoms with Crippen molar-refractivity contribution in [2.75, 3.05) is 7.11 Å². The van der Waals surface area contributed by atoms with E-state index in [1.54, 1.807) is 0 Å². The molecule has 0 bridgehead atoms. The van der Waals surface area contributed by atoms with Gasteiger partial charge in [0, 0.05) is 17.5 Å². The summed E-state index contributed by atoms with van der Waals surface area (Å²) in [6.07, 6.45) is -4.74. The predicted octanol–water partition coefficient (Wildman–Crippen LogP) is 2.33. The maximum atomic E-state index is 13.4. The van der Waals surface area contributed by atoms with E-state index in [1.165, 1.54) is 7.11 Å². The van der Waals surface area contributed by atoms with Gasteiger partial charge in [0.1, 0.15) is 17.4 Å². The van der Waals surface area contributed by atoms with E-state index in [0.717, 1.165) is 18.2 Å². The molecular weight excluding hydrogens is 371 g/mol. The average Bonchev–Trinajstić information content (AvgIpc) is 3.39. The summed E-state index contributed by atoms with van der Waals surface area (Å²) in [5.41, 5.74) is 1.96. The van der Waals surface area contributed by atoms with Crippen LogP contribution in [0.3, 0.4) is 0 Å². The fourth-order valence-corrected chi connectivity index (χ4v) is 2.76. The number of halogens is 3. The Bertz CT molecular complexity index is 993. The first kappa shape index (κ1) is 18.8. The smallest absolute Gasteiger partial charge is 0.442 e. The van der Waals surface area contributed by atoms with Gasteiger partial charge in [-0.05, 0) is 24.5 Å². The van der Waals surface area contributed by atoms with Crippen molar-refractivity contribution in [3.63, 3.8) is 0 Å². The molecule has 0 radical (unpaired) electrons. The second kappa shape index (κ2) is 6.34. The number of aryl methyl sites for hydroxylation is 1. The van der Waals surface area contributed by atoms with Gasteiger partial charge in [-0.2, -0.15) is 13.2 Å². The summed E-state index contributed by atoms with van der Waals surface area (Å²) >= 11 is 0. The Balaban J connectivity index is 2.14. The lowest BCUT2D eigenvalue weighted by Crippen LogP contribution is -2.31. The molecule has 1 aromatic heterocycles. The van der Waals surface area contributed by atoms with Crippen molar-refractivity contribution in [1.29, 1.82) is 0 Å². The Morgan fingerprint density at radius 3 is 2.56 bits per heavy atom. The van der Waals surface area contributed by atoms with E-state index in [1.807, 2.05) is 0 Å². The van der Waals surface area contributed by atoms with Crippen molar-refractivity contribution in [3.05, 3.63) is 39.7 Å². The molecule has 1 aromatic carbocycles. The molecule has 27 heavy (non-hydrogen) atoms. The third-order valence-electron chi connectivity index (χ3n) is 4.26. The number of alkyl halides is 3. The van der Waals surface area contributed by atoms with E-state index >= 15 is 0 Å². The molecule has 8 nitrogen and oxygen atoms in total. The largest absolute Gasteiger partial charge is 0.496 e. The van der Waals surface area contributed by atoms with Gasteiger partial charge in [-0.25, -0.2) is 4.79 Å². The quantitative estimate of drug-likeness (QED) is 0.735. The molecule has 0 aliphatic carbocycles. The summed E-state index contributed by atoms with van der Waals surface area (Å²) in [4.78, 5) is 22.6. The molecule has 1 aliphatic rings. The van der Waals surface area contributed by atoms with Crippen LogP contribution in [0.2, 0.25) is 0 Å². The number of rotatable bonds is 6. The summed E-state index contributed by atoms with van der Waals surface area (Å²) in [6.45, 7) is 0. The van der Waals surface area contributed by atoms with Gasteiger partial charge in [0.2, 0.25) is 0 Å². The summed E-state index contributed by atoms with van der Waals surface area (Å²) in [7, 11) is 1.17. The predicted molar refractivity (Wildman–Crippen MR) is 85.6 cm³/mol. The lowest BCUT2D eigenvalue weighted by Gasteiger charge is -2.18. The van der Waals surface area contributed by atoms with Gasteiger partial charge in [0.15, 0.2) is 0 Å². The van der Waals surface area contributed by atoms with Crippen molar-refractivity contribution < 1.29 is 32.2 Å². The van der Waals surface area contributed by atoms with Crippen LogP contribution in [0.1, 0.15) is 17.5 Å². The fourth-order valence-electron chi connectivity index (χ4n) is 2.76. The highest BCUT2D eigenvalue weighted by atomic mass is 19.4. The molecule has 2 heterocycles. The van der Waals surface area contributed by atoms with Gasteiger partial charge in [-0.1, -0.05) is 0 Å². The zero-order valence-corrected chi connectivity index (χ0v) is 13.9. The standard InChI is InChI=1S/C16H14F3N3O5/c1-26-12-6-11-8(5-9(12)15(21-22-15)16(17,18)19)7(4-13(23)27-11)2-3-10(20)14(24)25/h4-6,10H,2-3,20H2,1H3,(H,24,25)/t10-/m0/s1. The molecule has 0 saturated heterocycles. The van der Waals surface area contributed by atoms with Crippen LogP contribution in [0.5, 0.6) is 5.75 Å². The highest BCUT2D eigenvalue weighted by Gasteiger charge is 2.66. The molecule has 3 N–H and O–H groups in total. The number of fused-ring (bicyclic) bond motifs is 1. The Hall–Kier alpha value is -2.95. The van der Waals surface area contributed by atoms with E-state index in [9.17, 15) is 22.8 Å². The third-order valence-corrected chi connectivity index (χ3v) is 4.26. The zero-order chi connectivity index (χ0) is 20.0. The van der Waals surface area contributed by atoms with Gasteiger partial charge >= 0.3 is 23.4 Å². The molecule has 0 spiro atoms. The molecule has 3 rings (SSSR count). The van der Waals surface area contributed by atoms with Crippen molar-refractivity contribution in [1.82, 2.24) is 0 Å². The van der Waals surface area contributed by atoms with Crippen molar-refractivity contribution in [2.45, 2.75) is 30.7 Å². The van der Waals surface area contributed by atoms with Gasteiger partial charge in [0.05, 0.1) is 12.7 Å². The van der Waals surface area contributed by atoms with Crippen LogP contribution in [0.15, 0.2) is 37.6 Å². The Morgan fingerprint density at radius 1 is 1.37 bits per heavy atom. The summed E-state index contributed by atoms with van der Waals surface area (Å²) in [5, 5.41) is 15.4. The van der Waals surface area contributed by atoms with Crippen LogP contribution in [0.25, 0.3) is 11.0 Å². The highest BCUT2D eigenvalue weighted by molar-refractivity contribution is 5.83. The first-order valence-electron chi connectivity index (χ1n) is 7.73. The van der Waals surface area contributed by atoms with Crippen LogP contribution in [0.4, 0.5) is 13.2 Å². The van der Waals surface area contributed by atoms with Crippen molar-refractivity contribution >= 4 is 16.9 Å². The van der Waals surface area contributed by atoms with Gasteiger partial charge < -0.3 is 20.0 Å². The summed E-state index contributed by atoms with van der Waals surface area (Å²) in [6, 6.07) is 2.21. The minimum Gasteiger partial charge on any atom is -0.496 e. The molecule has 1 atom stereocenters. The number of nitrogens with two attached hydrogens (primary N) is 1. The lowest BCUT2D eigenvalue weighted by atomic mass is 9.96. The van der Waals surface area contributed by atoms with E-state index in [2.05, 4.69) is 10.2 Å². The Kier molecular flexibility index (Phi) is 4.42. The monoisotopic (exact) mass is 385 g/mol. The first-order valence-corrected chi connectivity index (χ1v) is 7.73. The molecule has 0 saturated carbocycles. The second-order valence-corrected chi connectivity index (χ2v) is 5.99. The lowest BCUT2D eigenvalue weighted by molar-refractivity contribution is -0.166. The average molecular weight is 385 g/mol. The summed E-state index contributed by atoms with van der Waals surface area (Å²) < 4.78 is 50.3. The number of carbonyl (C=O) groups is 1. The number of benzene rings is 1. The van der Waals surface area contributed by atoms with Gasteiger partial charge in [0.25, 0.3) is 0 Å². The number of aliphatic carboxylic acids is 1. The molecule has 0 fully saturated rings. The number of carboxylic acids is 1. The van der Waals surface area contributed by atoms with Crippen molar-refractivity contribution in [3.8, 4) is 5.75 Å². The third kappa shape index (κ3) is 3.25. The van der Waals surface area contributed by atoms with Crippen LogP contribution in [-0.4, -0.2) is 30.4 Å². The van der Waals surface area contributed by atoms with Crippen molar-refractivity contribution in [2.24, 2.45) is 16.0 Å². The van der Waals surface area contributed by atoms with Crippen LogP contribution in [0, 0.1) is 0 Å². The fraction of sp³-hybridized carbons (Fsp3) is 0.375. The zero-order valence-electron chi connectivity index (χ0n) is 13.9. The highest BCUT2D eigenvalue weighted by Crippen LogP contribution is 2.55. The minimum atomic E-state index is -4.77.